The number of carbonyl (C=O) groups excluding carboxylic acids is 1. The minimum Gasteiger partial charge on any atom is -0.358 e. The molecule has 1 aliphatic heterocycles. The van der Waals surface area contributed by atoms with Crippen molar-refractivity contribution in [1.29, 1.82) is 0 Å². The number of nitrogens with zero attached hydrogens (tertiary/aromatic N) is 2. The van der Waals surface area contributed by atoms with E-state index in [1.165, 1.54) is 0 Å². The van der Waals surface area contributed by atoms with Crippen LogP contribution in [0.25, 0.3) is 0 Å². The van der Waals surface area contributed by atoms with Gasteiger partial charge in [0.05, 0.1) is 5.54 Å². The molecule has 0 unspecified atom stereocenters. The fourth-order valence-electron chi connectivity index (χ4n) is 3.07. The third-order valence-electron chi connectivity index (χ3n) is 5.02. The Labute approximate surface area is 155 Å². The van der Waals surface area contributed by atoms with Gasteiger partial charge in [0.2, 0.25) is 5.91 Å². The molecule has 0 spiro atoms. The largest absolute Gasteiger partial charge is 0.358 e. The van der Waals surface area contributed by atoms with E-state index in [-0.39, 0.29) is 16.3 Å². The van der Waals surface area contributed by atoms with E-state index in [1.54, 1.807) is 36.2 Å². The van der Waals surface area contributed by atoms with Crippen molar-refractivity contribution in [2.45, 2.75) is 50.0 Å². The maximum Gasteiger partial charge on any atom is 0.285 e. The molecule has 1 amide bonds. The average Bonchev–Trinajstić information content (AvgIpc) is 2.91. The lowest BCUT2D eigenvalue weighted by Crippen LogP contribution is -2.52. The fraction of sp³-hybridized carbons (Fsp3) is 0.556. The molecular weight excluding hydrogens is 352 g/mol. The quantitative estimate of drug-likeness (QED) is 0.711. The van der Waals surface area contributed by atoms with Crippen molar-refractivity contribution in [1.82, 2.24) is 10.2 Å². The third-order valence-corrected chi connectivity index (χ3v) is 6.35. The van der Waals surface area contributed by atoms with Crippen LogP contribution in [-0.4, -0.2) is 50.7 Å². The molecule has 26 heavy (non-hydrogen) atoms. The van der Waals surface area contributed by atoms with Crippen LogP contribution >= 0.6 is 0 Å². The first kappa shape index (κ1) is 20.4. The van der Waals surface area contributed by atoms with Crippen LogP contribution in [0.2, 0.25) is 0 Å². The minimum atomic E-state index is -3.62. The van der Waals surface area contributed by atoms with E-state index in [9.17, 15) is 13.2 Å². The Balaban J connectivity index is 1.94. The number of rotatable bonds is 8. The zero-order chi connectivity index (χ0) is 19.4. The van der Waals surface area contributed by atoms with E-state index in [4.69, 9.17) is 5.73 Å². The number of amides is 1. The van der Waals surface area contributed by atoms with Crippen molar-refractivity contribution in [3.05, 3.63) is 29.8 Å². The maximum atomic E-state index is 12.2. The molecule has 1 aromatic rings. The van der Waals surface area contributed by atoms with Gasteiger partial charge in [0.15, 0.2) is 0 Å². The number of benzene rings is 1. The van der Waals surface area contributed by atoms with Crippen LogP contribution in [-0.2, 0) is 14.8 Å². The number of hydrogen-bond acceptors (Lipinski definition) is 5. The van der Waals surface area contributed by atoms with Crippen molar-refractivity contribution in [3.8, 4) is 0 Å². The summed E-state index contributed by atoms with van der Waals surface area (Å²) in [6, 6.07) is 6.78. The monoisotopic (exact) mass is 380 g/mol. The number of fused-ring (bicyclic) bond motifs is 1. The first-order chi connectivity index (χ1) is 12.3. The van der Waals surface area contributed by atoms with Crippen LogP contribution in [0.5, 0.6) is 0 Å². The van der Waals surface area contributed by atoms with Gasteiger partial charge >= 0.3 is 0 Å². The molecule has 144 valence electrons. The lowest BCUT2D eigenvalue weighted by Gasteiger charge is -2.31. The minimum absolute atomic E-state index is 0.0334. The number of nitrogens with one attached hydrogen (secondary N) is 1. The van der Waals surface area contributed by atoms with Gasteiger partial charge in [0.25, 0.3) is 10.0 Å². The summed E-state index contributed by atoms with van der Waals surface area (Å²) in [6.45, 7) is 4.97. The molecule has 0 radical (unpaired) electrons. The van der Waals surface area contributed by atoms with Crippen molar-refractivity contribution >= 4 is 21.8 Å². The number of hydrogen-bond donors (Lipinski definition) is 2. The standard InChI is InChI=1S/C18H28N4O3S/c1-4-18(5-2,13-19)20-16(23)11-8-12-22(3)17-14-9-6-7-10-15(14)26(24,25)21-17/h6-7,9-10H,4-5,8,11-13,19H2,1-3H3,(H,20,23). The molecule has 7 nitrogen and oxygen atoms in total. The van der Waals surface area contributed by atoms with Crippen molar-refractivity contribution in [3.63, 3.8) is 0 Å². The molecule has 0 aliphatic carbocycles. The number of sulfonamides is 1. The summed E-state index contributed by atoms with van der Waals surface area (Å²) in [7, 11) is -1.83. The Morgan fingerprint density at radius 1 is 1.27 bits per heavy atom. The molecule has 0 saturated heterocycles. The lowest BCUT2D eigenvalue weighted by molar-refractivity contribution is -0.123. The summed E-state index contributed by atoms with van der Waals surface area (Å²) in [6.07, 6.45) is 2.53. The van der Waals surface area contributed by atoms with E-state index >= 15 is 0 Å². The highest BCUT2D eigenvalue weighted by molar-refractivity contribution is 7.90. The molecule has 0 bridgehead atoms. The number of amidine groups is 1. The second kappa shape index (κ2) is 8.18. The van der Waals surface area contributed by atoms with Crippen molar-refractivity contribution in [2.24, 2.45) is 10.1 Å². The molecular formula is C18H28N4O3S. The van der Waals surface area contributed by atoms with Gasteiger partial charge in [0, 0.05) is 32.1 Å². The predicted molar refractivity (Wildman–Crippen MR) is 103 cm³/mol. The lowest BCUT2D eigenvalue weighted by atomic mass is 9.92. The van der Waals surface area contributed by atoms with E-state index in [0.717, 1.165) is 12.8 Å². The van der Waals surface area contributed by atoms with E-state index in [1.807, 2.05) is 13.8 Å². The smallest absolute Gasteiger partial charge is 0.285 e. The van der Waals surface area contributed by atoms with Gasteiger partial charge in [-0.1, -0.05) is 26.0 Å². The first-order valence-corrected chi connectivity index (χ1v) is 10.4. The summed E-state index contributed by atoms with van der Waals surface area (Å²) >= 11 is 0. The molecule has 0 aromatic heterocycles. The Bertz CT molecular complexity index is 777. The van der Waals surface area contributed by atoms with Crippen LogP contribution in [0.1, 0.15) is 45.1 Å². The number of nitrogens with two attached hydrogens (primary N) is 1. The average molecular weight is 381 g/mol. The summed E-state index contributed by atoms with van der Waals surface area (Å²) < 4.78 is 28.1. The van der Waals surface area contributed by atoms with Gasteiger partial charge in [-0.05, 0) is 31.4 Å². The molecule has 0 fully saturated rings. The molecule has 1 aliphatic rings. The summed E-state index contributed by atoms with van der Waals surface area (Å²) in [4.78, 5) is 14.2. The predicted octanol–water partition coefficient (Wildman–Crippen LogP) is 1.48. The van der Waals surface area contributed by atoms with Crippen LogP contribution in [0.3, 0.4) is 0 Å². The Hall–Kier alpha value is -1.93. The molecule has 2 rings (SSSR count). The Morgan fingerprint density at radius 3 is 2.54 bits per heavy atom. The highest BCUT2D eigenvalue weighted by atomic mass is 32.2. The van der Waals surface area contributed by atoms with Crippen molar-refractivity contribution in [2.75, 3.05) is 20.1 Å². The van der Waals surface area contributed by atoms with Crippen LogP contribution < -0.4 is 11.1 Å². The topological polar surface area (TPSA) is 105 Å². The van der Waals surface area contributed by atoms with Gasteiger partial charge in [-0.15, -0.1) is 4.40 Å². The van der Waals surface area contributed by atoms with E-state index < -0.39 is 10.0 Å². The van der Waals surface area contributed by atoms with E-state index in [2.05, 4.69) is 9.71 Å². The van der Waals surface area contributed by atoms with Gasteiger partial charge in [-0.3, -0.25) is 4.79 Å². The highest BCUT2D eigenvalue weighted by Gasteiger charge is 2.30. The summed E-state index contributed by atoms with van der Waals surface area (Å²) in [5.74, 6) is 0.397. The zero-order valence-corrected chi connectivity index (χ0v) is 16.5. The van der Waals surface area contributed by atoms with Gasteiger partial charge in [0.1, 0.15) is 10.7 Å². The van der Waals surface area contributed by atoms with Gasteiger partial charge in [-0.25, -0.2) is 0 Å². The third kappa shape index (κ3) is 4.24. The van der Waals surface area contributed by atoms with Crippen molar-refractivity contribution < 1.29 is 13.2 Å². The highest BCUT2D eigenvalue weighted by Crippen LogP contribution is 2.27. The molecule has 3 N–H and O–H groups in total. The molecule has 1 aromatic carbocycles. The Kier molecular flexibility index (Phi) is 6.41. The van der Waals surface area contributed by atoms with Crippen LogP contribution in [0.4, 0.5) is 0 Å². The van der Waals surface area contributed by atoms with Gasteiger partial charge < -0.3 is 16.0 Å². The zero-order valence-electron chi connectivity index (χ0n) is 15.7. The van der Waals surface area contributed by atoms with E-state index in [0.29, 0.717) is 37.3 Å². The first-order valence-electron chi connectivity index (χ1n) is 8.95. The summed E-state index contributed by atoms with van der Waals surface area (Å²) in [5, 5.41) is 3.04. The fourth-order valence-corrected chi connectivity index (χ4v) is 4.32. The summed E-state index contributed by atoms with van der Waals surface area (Å²) in [5.41, 5.74) is 6.08. The number of carbonyl (C=O) groups is 1. The normalized spacial score (nSPS) is 15.3. The van der Waals surface area contributed by atoms with Gasteiger partial charge in [-0.2, -0.15) is 8.42 Å². The maximum absolute atomic E-state index is 12.2. The SMILES string of the molecule is CCC(CC)(CN)NC(=O)CCCN(C)C1=NS(=O)(=O)c2ccccc21. The van der Waals surface area contributed by atoms with Crippen LogP contribution in [0.15, 0.2) is 33.6 Å². The second-order valence-corrected chi connectivity index (χ2v) is 8.22. The molecule has 0 atom stereocenters. The second-order valence-electron chi connectivity index (χ2n) is 6.65. The van der Waals surface area contributed by atoms with Crippen LogP contribution in [0, 0.1) is 0 Å². The molecule has 0 saturated carbocycles. The molecule has 1 heterocycles. The molecule has 8 heteroatoms. The Morgan fingerprint density at radius 2 is 1.92 bits per heavy atom.